The quantitative estimate of drug-likeness (QED) is 0.849. The summed E-state index contributed by atoms with van der Waals surface area (Å²) in [5.74, 6) is 1.75. The lowest BCUT2D eigenvalue weighted by molar-refractivity contribution is -0.138. The monoisotopic (exact) mass is 296 g/mol. The molecule has 0 spiro atoms. The van der Waals surface area contributed by atoms with E-state index in [0.29, 0.717) is 12.5 Å². The van der Waals surface area contributed by atoms with Gasteiger partial charge in [0.2, 0.25) is 11.8 Å². The molecule has 0 radical (unpaired) electrons. The van der Waals surface area contributed by atoms with Crippen LogP contribution in [0.25, 0.3) is 0 Å². The third kappa shape index (κ3) is 2.45. The molecular formula is C15H24N2O2S. The predicted octanol–water partition coefficient (Wildman–Crippen LogP) is 2.14. The van der Waals surface area contributed by atoms with Crippen LogP contribution in [0.1, 0.15) is 52.4 Å². The lowest BCUT2D eigenvalue weighted by Crippen LogP contribution is -2.52. The predicted molar refractivity (Wildman–Crippen MR) is 80.3 cm³/mol. The molecule has 3 aliphatic rings. The average molecular weight is 296 g/mol. The Balaban J connectivity index is 1.62. The number of fused-ring (bicyclic) bond motifs is 1. The smallest absolute Gasteiger partial charge is 0.243 e. The van der Waals surface area contributed by atoms with Crippen LogP contribution < -0.4 is 5.32 Å². The zero-order chi connectivity index (χ0) is 14.3. The third-order valence-electron chi connectivity index (χ3n) is 5.11. The number of rotatable bonds is 2. The zero-order valence-electron chi connectivity index (χ0n) is 12.4. The number of carbonyl (C=O) groups is 2. The number of amides is 2. The zero-order valence-corrected chi connectivity index (χ0v) is 13.2. The second kappa shape index (κ2) is 5.24. The van der Waals surface area contributed by atoms with Gasteiger partial charge in [0.15, 0.2) is 0 Å². The van der Waals surface area contributed by atoms with Crippen LogP contribution in [0.5, 0.6) is 0 Å². The average Bonchev–Trinajstić information content (AvgIpc) is 2.90. The highest BCUT2D eigenvalue weighted by molar-refractivity contribution is 8.01. The molecule has 1 saturated carbocycles. The molecule has 20 heavy (non-hydrogen) atoms. The Labute approximate surface area is 125 Å². The Morgan fingerprint density at radius 1 is 1.35 bits per heavy atom. The van der Waals surface area contributed by atoms with Crippen molar-refractivity contribution in [2.24, 2.45) is 5.92 Å². The second-order valence-corrected chi connectivity index (χ2v) is 8.23. The van der Waals surface area contributed by atoms with E-state index in [4.69, 9.17) is 0 Å². The number of hydrogen-bond donors (Lipinski definition) is 1. The van der Waals surface area contributed by atoms with E-state index in [1.807, 2.05) is 4.90 Å². The van der Waals surface area contributed by atoms with Crippen LogP contribution in [0.3, 0.4) is 0 Å². The summed E-state index contributed by atoms with van der Waals surface area (Å²) in [5.41, 5.74) is 0. The minimum Gasteiger partial charge on any atom is -0.352 e. The molecule has 2 heterocycles. The van der Waals surface area contributed by atoms with Crippen molar-refractivity contribution >= 4 is 23.6 Å². The van der Waals surface area contributed by atoms with Crippen molar-refractivity contribution in [3.05, 3.63) is 0 Å². The highest BCUT2D eigenvalue weighted by Crippen LogP contribution is 2.47. The van der Waals surface area contributed by atoms with Gasteiger partial charge in [-0.25, -0.2) is 0 Å². The van der Waals surface area contributed by atoms with Crippen molar-refractivity contribution in [3.8, 4) is 0 Å². The number of hydrogen-bond acceptors (Lipinski definition) is 3. The minimum atomic E-state index is -0.251. The van der Waals surface area contributed by atoms with Gasteiger partial charge in [-0.2, -0.15) is 0 Å². The van der Waals surface area contributed by atoms with Crippen molar-refractivity contribution < 1.29 is 9.59 Å². The second-order valence-electron chi connectivity index (χ2n) is 6.73. The molecule has 0 unspecified atom stereocenters. The van der Waals surface area contributed by atoms with Crippen molar-refractivity contribution in [2.45, 2.75) is 69.3 Å². The van der Waals surface area contributed by atoms with Gasteiger partial charge in [-0.15, -0.1) is 11.8 Å². The van der Waals surface area contributed by atoms with Gasteiger partial charge in [0.05, 0.1) is 4.87 Å². The molecule has 0 aromatic rings. The Morgan fingerprint density at radius 2 is 2.05 bits per heavy atom. The van der Waals surface area contributed by atoms with E-state index in [2.05, 4.69) is 19.2 Å². The Hall–Kier alpha value is -0.710. The number of carbonyl (C=O) groups excluding carboxylic acids is 2. The standard InChI is InChI=1S/C15H24N2O2S/c1-10-3-5-11(6-4-10)16-14(19)12-9-20-15(2)8-7-13(18)17(12)15/h10-12H,3-9H2,1-2H3,(H,16,19)/t10?,11?,12-,15+/m0/s1. The lowest BCUT2D eigenvalue weighted by Gasteiger charge is -2.32. The van der Waals surface area contributed by atoms with Gasteiger partial charge in [-0.05, 0) is 44.9 Å². The van der Waals surface area contributed by atoms with E-state index in [9.17, 15) is 9.59 Å². The molecule has 112 valence electrons. The minimum absolute atomic E-state index is 0.0658. The van der Waals surface area contributed by atoms with E-state index in [-0.39, 0.29) is 22.7 Å². The normalized spacial score (nSPS) is 40.8. The fourth-order valence-corrected chi connectivity index (χ4v) is 5.15. The first-order chi connectivity index (χ1) is 9.49. The summed E-state index contributed by atoms with van der Waals surface area (Å²) in [6.07, 6.45) is 6.03. The molecule has 1 aliphatic carbocycles. The third-order valence-corrected chi connectivity index (χ3v) is 6.61. The summed E-state index contributed by atoms with van der Waals surface area (Å²) >= 11 is 1.76. The van der Waals surface area contributed by atoms with Gasteiger partial charge in [-0.3, -0.25) is 9.59 Å². The van der Waals surface area contributed by atoms with Crippen molar-refractivity contribution in [1.82, 2.24) is 10.2 Å². The van der Waals surface area contributed by atoms with Crippen LogP contribution in [0.4, 0.5) is 0 Å². The SMILES string of the molecule is CC1CCC(NC(=O)[C@@H]2CS[C@]3(C)CCC(=O)N23)CC1. The van der Waals surface area contributed by atoms with Crippen LogP contribution in [0.2, 0.25) is 0 Å². The Morgan fingerprint density at radius 3 is 2.75 bits per heavy atom. The largest absolute Gasteiger partial charge is 0.352 e. The summed E-state index contributed by atoms with van der Waals surface area (Å²) in [5, 5.41) is 3.19. The maximum Gasteiger partial charge on any atom is 0.243 e. The molecular weight excluding hydrogens is 272 g/mol. The first-order valence-electron chi connectivity index (χ1n) is 7.76. The van der Waals surface area contributed by atoms with Crippen LogP contribution in [0, 0.1) is 5.92 Å². The maximum absolute atomic E-state index is 12.5. The highest BCUT2D eigenvalue weighted by Gasteiger charge is 2.53. The summed E-state index contributed by atoms with van der Waals surface area (Å²) in [6.45, 7) is 4.37. The number of nitrogens with zero attached hydrogens (tertiary/aromatic N) is 1. The van der Waals surface area contributed by atoms with Gasteiger partial charge in [-0.1, -0.05) is 6.92 Å². The van der Waals surface area contributed by atoms with Gasteiger partial charge in [0.1, 0.15) is 6.04 Å². The highest BCUT2D eigenvalue weighted by atomic mass is 32.2. The van der Waals surface area contributed by atoms with E-state index < -0.39 is 0 Å². The molecule has 0 aromatic heterocycles. The van der Waals surface area contributed by atoms with E-state index in [1.54, 1.807) is 11.8 Å². The molecule has 0 bridgehead atoms. The fraction of sp³-hybridized carbons (Fsp3) is 0.867. The molecule has 3 fully saturated rings. The van der Waals surface area contributed by atoms with Crippen LogP contribution in [-0.4, -0.2) is 39.4 Å². The number of thioether (sulfide) groups is 1. The topological polar surface area (TPSA) is 49.4 Å². The number of nitrogens with one attached hydrogen (secondary N) is 1. The van der Waals surface area contributed by atoms with Crippen LogP contribution >= 0.6 is 11.8 Å². The molecule has 1 N–H and O–H groups in total. The first kappa shape index (κ1) is 14.2. The van der Waals surface area contributed by atoms with Gasteiger partial charge < -0.3 is 10.2 Å². The van der Waals surface area contributed by atoms with E-state index in [0.717, 1.165) is 30.9 Å². The molecule has 2 aliphatic heterocycles. The molecule has 2 atom stereocenters. The van der Waals surface area contributed by atoms with Crippen molar-refractivity contribution in [1.29, 1.82) is 0 Å². The van der Waals surface area contributed by atoms with Gasteiger partial charge in [0.25, 0.3) is 0 Å². The van der Waals surface area contributed by atoms with Gasteiger partial charge >= 0.3 is 0 Å². The molecule has 5 heteroatoms. The van der Waals surface area contributed by atoms with Crippen LogP contribution in [0.15, 0.2) is 0 Å². The van der Waals surface area contributed by atoms with E-state index in [1.165, 1.54) is 12.8 Å². The molecule has 2 saturated heterocycles. The molecule has 0 aromatic carbocycles. The van der Waals surface area contributed by atoms with Crippen molar-refractivity contribution in [3.63, 3.8) is 0 Å². The molecule has 4 nitrogen and oxygen atoms in total. The van der Waals surface area contributed by atoms with Crippen LogP contribution in [-0.2, 0) is 9.59 Å². The summed E-state index contributed by atoms with van der Waals surface area (Å²) in [7, 11) is 0. The molecule has 3 rings (SSSR count). The summed E-state index contributed by atoms with van der Waals surface area (Å²) < 4.78 is 0. The van der Waals surface area contributed by atoms with Gasteiger partial charge in [0, 0.05) is 18.2 Å². The molecule has 2 amide bonds. The lowest BCUT2D eigenvalue weighted by atomic mass is 9.87. The maximum atomic E-state index is 12.5. The van der Waals surface area contributed by atoms with Crippen molar-refractivity contribution in [2.75, 3.05) is 5.75 Å². The fourth-order valence-electron chi connectivity index (χ4n) is 3.72. The summed E-state index contributed by atoms with van der Waals surface area (Å²) in [6, 6.07) is 0.0626. The Kier molecular flexibility index (Phi) is 3.73. The Bertz CT molecular complexity index is 420. The first-order valence-corrected chi connectivity index (χ1v) is 8.75. The van der Waals surface area contributed by atoms with E-state index >= 15 is 0 Å². The summed E-state index contributed by atoms with van der Waals surface area (Å²) in [4.78, 5) is 26.3.